The van der Waals surface area contributed by atoms with Gasteiger partial charge in [-0.3, -0.25) is 0 Å². The van der Waals surface area contributed by atoms with Gasteiger partial charge in [-0.2, -0.15) is 5.10 Å². The van der Waals surface area contributed by atoms with Crippen molar-refractivity contribution >= 4 is 35.4 Å². The Balaban J connectivity index is 2.10. The SMILES string of the molecule is CCc1nn(Cc2n[nH]c(=S)o2)c(=O)n1-c1cc(Cl)cc(Cl)c1. The topological polar surface area (TPSA) is 81.6 Å². The Morgan fingerprint density at radius 3 is 2.57 bits per heavy atom. The molecule has 23 heavy (non-hydrogen) atoms. The largest absolute Gasteiger partial charge is 0.412 e. The van der Waals surface area contributed by atoms with Crippen LogP contribution >= 0.6 is 35.4 Å². The van der Waals surface area contributed by atoms with Crippen LogP contribution in [-0.4, -0.2) is 24.5 Å². The number of nitrogens with zero attached hydrogens (tertiary/aromatic N) is 4. The average molecular weight is 372 g/mol. The molecular formula is C13H11Cl2N5O2S. The first-order chi connectivity index (χ1) is 11.0. The van der Waals surface area contributed by atoms with Gasteiger partial charge in [0.15, 0.2) is 0 Å². The highest BCUT2D eigenvalue weighted by atomic mass is 35.5. The van der Waals surface area contributed by atoms with Gasteiger partial charge in [-0.05, 0) is 30.4 Å². The third kappa shape index (κ3) is 3.24. The second-order valence-electron chi connectivity index (χ2n) is 4.68. The van der Waals surface area contributed by atoms with E-state index in [0.29, 0.717) is 28.0 Å². The summed E-state index contributed by atoms with van der Waals surface area (Å²) in [4.78, 5) is 12.8. The first-order valence-corrected chi connectivity index (χ1v) is 7.84. The summed E-state index contributed by atoms with van der Waals surface area (Å²) in [6.07, 6.45) is 0.552. The minimum absolute atomic E-state index is 0.0697. The van der Waals surface area contributed by atoms with Crippen LogP contribution in [0.1, 0.15) is 18.6 Å². The second-order valence-corrected chi connectivity index (χ2v) is 5.92. The summed E-state index contributed by atoms with van der Waals surface area (Å²) in [5, 5.41) is 11.6. The molecule has 0 bridgehead atoms. The van der Waals surface area contributed by atoms with Crippen LogP contribution in [0, 0.1) is 4.84 Å². The van der Waals surface area contributed by atoms with Crippen molar-refractivity contribution in [2.75, 3.05) is 0 Å². The molecule has 0 fully saturated rings. The van der Waals surface area contributed by atoms with Crippen molar-refractivity contribution in [2.45, 2.75) is 19.9 Å². The number of H-pyrrole nitrogens is 1. The number of aryl methyl sites for hydroxylation is 1. The van der Waals surface area contributed by atoms with Gasteiger partial charge >= 0.3 is 5.69 Å². The lowest BCUT2D eigenvalue weighted by molar-refractivity contribution is 0.449. The molecule has 0 spiro atoms. The molecule has 10 heteroatoms. The van der Waals surface area contributed by atoms with E-state index in [9.17, 15) is 4.79 Å². The van der Waals surface area contributed by atoms with Gasteiger partial charge in [-0.25, -0.2) is 19.1 Å². The van der Waals surface area contributed by atoms with E-state index in [2.05, 4.69) is 15.3 Å². The molecular weight excluding hydrogens is 361 g/mol. The molecule has 2 heterocycles. The van der Waals surface area contributed by atoms with Crippen molar-refractivity contribution in [2.24, 2.45) is 0 Å². The van der Waals surface area contributed by atoms with Crippen LogP contribution < -0.4 is 5.69 Å². The molecule has 0 aliphatic heterocycles. The Morgan fingerprint density at radius 2 is 2.00 bits per heavy atom. The van der Waals surface area contributed by atoms with E-state index in [1.54, 1.807) is 18.2 Å². The minimum atomic E-state index is -0.343. The standard InChI is InChI=1S/C13H11Cl2N5O2S/c1-2-10-18-19(6-11-16-17-12(23)22-11)13(21)20(10)9-4-7(14)3-8(15)5-9/h3-5H,2,6H2,1H3,(H,17,23). The molecule has 0 radical (unpaired) electrons. The van der Waals surface area contributed by atoms with Gasteiger partial charge in [0.25, 0.3) is 4.84 Å². The quantitative estimate of drug-likeness (QED) is 0.712. The van der Waals surface area contributed by atoms with E-state index in [0.717, 1.165) is 0 Å². The third-order valence-electron chi connectivity index (χ3n) is 3.10. The van der Waals surface area contributed by atoms with Crippen LogP contribution in [-0.2, 0) is 13.0 Å². The van der Waals surface area contributed by atoms with E-state index >= 15 is 0 Å². The minimum Gasteiger partial charge on any atom is -0.412 e. The number of nitrogens with one attached hydrogen (secondary N) is 1. The Bertz CT molecular complexity index is 951. The van der Waals surface area contributed by atoms with E-state index < -0.39 is 0 Å². The number of aromatic nitrogens is 5. The summed E-state index contributed by atoms with van der Waals surface area (Å²) in [5.74, 6) is 0.844. The van der Waals surface area contributed by atoms with E-state index in [4.69, 9.17) is 39.8 Å². The van der Waals surface area contributed by atoms with Gasteiger partial charge in [0.2, 0.25) is 5.89 Å². The van der Waals surface area contributed by atoms with Gasteiger partial charge in [0, 0.05) is 16.5 Å². The van der Waals surface area contributed by atoms with E-state index in [1.807, 2.05) is 6.92 Å². The highest BCUT2D eigenvalue weighted by Gasteiger charge is 2.16. The molecule has 0 unspecified atom stereocenters. The fourth-order valence-corrected chi connectivity index (χ4v) is 2.83. The molecule has 0 amide bonds. The Hall–Kier alpha value is -1.90. The van der Waals surface area contributed by atoms with Crippen molar-refractivity contribution in [3.8, 4) is 5.69 Å². The maximum atomic E-state index is 12.7. The van der Waals surface area contributed by atoms with Crippen LogP contribution in [0.5, 0.6) is 0 Å². The average Bonchev–Trinajstić information content (AvgIpc) is 3.02. The molecule has 3 rings (SSSR count). The first kappa shape index (κ1) is 16.0. The maximum absolute atomic E-state index is 12.7. The zero-order valence-corrected chi connectivity index (χ0v) is 14.2. The molecule has 1 aromatic carbocycles. The summed E-state index contributed by atoms with van der Waals surface area (Å²) in [7, 11) is 0. The molecule has 0 saturated carbocycles. The van der Waals surface area contributed by atoms with Crippen LogP contribution in [0.15, 0.2) is 27.4 Å². The van der Waals surface area contributed by atoms with Crippen LogP contribution in [0.3, 0.4) is 0 Å². The highest BCUT2D eigenvalue weighted by molar-refractivity contribution is 7.71. The van der Waals surface area contributed by atoms with Crippen molar-refractivity contribution in [1.82, 2.24) is 24.5 Å². The zero-order valence-electron chi connectivity index (χ0n) is 11.9. The number of benzene rings is 1. The molecule has 0 aliphatic rings. The van der Waals surface area contributed by atoms with Gasteiger partial charge in [-0.1, -0.05) is 30.1 Å². The highest BCUT2D eigenvalue weighted by Crippen LogP contribution is 2.21. The van der Waals surface area contributed by atoms with Gasteiger partial charge in [0.05, 0.1) is 5.69 Å². The zero-order chi connectivity index (χ0) is 16.6. The van der Waals surface area contributed by atoms with Crippen LogP contribution in [0.4, 0.5) is 0 Å². The lowest BCUT2D eigenvalue weighted by Crippen LogP contribution is -2.25. The molecule has 120 valence electrons. The lowest BCUT2D eigenvalue weighted by Gasteiger charge is -2.05. The Kier molecular flexibility index (Phi) is 4.38. The van der Waals surface area contributed by atoms with Crippen molar-refractivity contribution in [1.29, 1.82) is 0 Å². The number of rotatable bonds is 4. The summed E-state index contributed by atoms with van der Waals surface area (Å²) in [5.41, 5.74) is 0.211. The van der Waals surface area contributed by atoms with Gasteiger partial charge < -0.3 is 4.42 Å². The van der Waals surface area contributed by atoms with Crippen molar-refractivity contribution in [3.05, 3.63) is 55.3 Å². The maximum Gasteiger partial charge on any atom is 0.351 e. The molecule has 0 aliphatic carbocycles. The monoisotopic (exact) mass is 371 g/mol. The molecule has 0 atom stereocenters. The predicted octanol–water partition coefficient (Wildman–Crippen LogP) is 3.00. The molecule has 3 aromatic rings. The molecule has 0 saturated heterocycles. The van der Waals surface area contributed by atoms with Crippen LogP contribution in [0.25, 0.3) is 5.69 Å². The first-order valence-electron chi connectivity index (χ1n) is 6.67. The normalized spacial score (nSPS) is 11.1. The van der Waals surface area contributed by atoms with E-state index in [-0.39, 0.29) is 23.0 Å². The van der Waals surface area contributed by atoms with Crippen molar-refractivity contribution in [3.63, 3.8) is 0 Å². The molecule has 7 nitrogen and oxygen atoms in total. The summed E-state index contributed by atoms with van der Waals surface area (Å²) >= 11 is 16.9. The molecule has 1 N–H and O–H groups in total. The molecule has 2 aromatic heterocycles. The third-order valence-corrected chi connectivity index (χ3v) is 3.71. The number of hydrogen-bond acceptors (Lipinski definition) is 5. The smallest absolute Gasteiger partial charge is 0.351 e. The van der Waals surface area contributed by atoms with Crippen molar-refractivity contribution < 1.29 is 4.42 Å². The number of hydrogen-bond donors (Lipinski definition) is 1. The Morgan fingerprint density at radius 1 is 1.30 bits per heavy atom. The lowest BCUT2D eigenvalue weighted by atomic mass is 10.3. The fourth-order valence-electron chi connectivity index (χ4n) is 2.17. The van der Waals surface area contributed by atoms with E-state index in [1.165, 1.54) is 9.25 Å². The van der Waals surface area contributed by atoms with Gasteiger partial charge in [0.1, 0.15) is 12.4 Å². The summed E-state index contributed by atoms with van der Waals surface area (Å²) < 4.78 is 7.88. The summed E-state index contributed by atoms with van der Waals surface area (Å²) in [6, 6.07) is 4.90. The van der Waals surface area contributed by atoms with Crippen LogP contribution in [0.2, 0.25) is 10.0 Å². The number of halogens is 2. The summed E-state index contributed by atoms with van der Waals surface area (Å²) in [6.45, 7) is 1.97. The van der Waals surface area contributed by atoms with Gasteiger partial charge in [-0.15, -0.1) is 5.10 Å². The fraction of sp³-hybridized carbons (Fsp3) is 0.231. The second kappa shape index (κ2) is 6.31. The Labute approximate surface area is 145 Å². The number of aromatic amines is 1. The predicted molar refractivity (Wildman–Crippen MR) is 88.0 cm³/mol.